The smallest absolute Gasteiger partial charge is 0.407 e. The first-order chi connectivity index (χ1) is 30.3. The molecule has 2 fully saturated rings. The maximum absolute atomic E-state index is 14.1. The van der Waals surface area contributed by atoms with Gasteiger partial charge < -0.3 is 49.3 Å². The number of nitrogens with zero attached hydrogens (tertiary/aromatic N) is 4. The number of rotatable bonds is 11. The molecular weight excluding hydrogens is 805 g/mol. The molecule has 0 aliphatic carbocycles. The summed E-state index contributed by atoms with van der Waals surface area (Å²) in [5.41, 5.74) is 6.40. The molecule has 1 unspecified atom stereocenters. The van der Waals surface area contributed by atoms with E-state index in [2.05, 4.69) is 70.5 Å². The lowest BCUT2D eigenvalue weighted by Gasteiger charge is -2.32. The highest BCUT2D eigenvalue weighted by Gasteiger charge is 2.46. The van der Waals surface area contributed by atoms with Crippen molar-refractivity contribution in [2.45, 2.75) is 90.4 Å². The molecule has 3 aliphatic rings. The van der Waals surface area contributed by atoms with Crippen molar-refractivity contribution in [3.05, 3.63) is 78.5 Å². The van der Waals surface area contributed by atoms with Crippen LogP contribution in [0.3, 0.4) is 0 Å². The Morgan fingerprint density at radius 3 is 2.35 bits per heavy atom. The molecule has 3 aromatic carbocycles. The summed E-state index contributed by atoms with van der Waals surface area (Å²) >= 11 is 0. The second-order valence-corrected chi connectivity index (χ2v) is 17.3. The van der Waals surface area contributed by atoms with Crippen LogP contribution in [0.5, 0.6) is 5.75 Å². The number of carbonyl (C=O) groups excluding carboxylic acids is 4. The maximum Gasteiger partial charge on any atom is 0.407 e. The van der Waals surface area contributed by atoms with Gasteiger partial charge in [0.25, 0.3) is 0 Å². The number of benzene rings is 3. The molecule has 4 N–H and O–H groups in total. The SMILES string of the molecule is C=CC1[C@H](C)CN(C(=O)[C@@H](NC(=O)OC)[C@@H](C)OC)[C@@H]1c1ncc(-c2ccc3c(c2)COc2cc4c(ccc5[nH]c([C@@H]6CC[C@H](C)N6C(=O)[C@@H](NC(=O)OC)C(C)C)nc54)cc2-3)[nH]1. The van der Waals surface area contributed by atoms with Gasteiger partial charge in [0.1, 0.15) is 36.1 Å². The number of amides is 4. The van der Waals surface area contributed by atoms with E-state index < -0.39 is 36.4 Å². The molecule has 0 radical (unpaired) electrons. The molecule has 332 valence electrons. The fraction of sp³-hybridized carbons (Fsp3) is 0.447. The third-order valence-electron chi connectivity index (χ3n) is 13.1. The number of fused-ring (bicyclic) bond motifs is 6. The van der Waals surface area contributed by atoms with Gasteiger partial charge in [-0.05, 0) is 84.9 Å². The molecule has 16 nitrogen and oxygen atoms in total. The van der Waals surface area contributed by atoms with E-state index in [0.717, 1.165) is 68.3 Å². The number of methoxy groups -OCH3 is 3. The van der Waals surface area contributed by atoms with Crippen molar-refractivity contribution in [3.63, 3.8) is 0 Å². The van der Waals surface area contributed by atoms with Crippen molar-refractivity contribution in [3.8, 4) is 28.1 Å². The van der Waals surface area contributed by atoms with Gasteiger partial charge in [-0.3, -0.25) is 9.59 Å². The number of H-pyrrole nitrogens is 2. The Balaban J connectivity index is 1.06. The van der Waals surface area contributed by atoms with E-state index in [0.29, 0.717) is 24.8 Å². The molecule has 5 aromatic rings. The van der Waals surface area contributed by atoms with Gasteiger partial charge in [0.2, 0.25) is 11.8 Å². The Hall–Kier alpha value is -6.42. The van der Waals surface area contributed by atoms with Crippen LogP contribution in [0.25, 0.3) is 44.2 Å². The van der Waals surface area contributed by atoms with Gasteiger partial charge in [0, 0.05) is 36.6 Å². The summed E-state index contributed by atoms with van der Waals surface area (Å²) in [4.78, 5) is 73.0. The highest BCUT2D eigenvalue weighted by molar-refractivity contribution is 6.07. The topological polar surface area (TPSA) is 193 Å². The molecule has 4 amide bonds. The van der Waals surface area contributed by atoms with Gasteiger partial charge >= 0.3 is 12.2 Å². The van der Waals surface area contributed by atoms with Crippen LogP contribution in [0, 0.1) is 17.8 Å². The zero-order chi connectivity index (χ0) is 44.9. The molecule has 16 heteroatoms. The van der Waals surface area contributed by atoms with E-state index in [-0.39, 0.29) is 41.7 Å². The lowest BCUT2D eigenvalue weighted by Crippen LogP contribution is -2.54. The maximum atomic E-state index is 14.1. The number of alkyl carbamates (subject to hydrolysis) is 2. The third kappa shape index (κ3) is 7.85. The number of aromatic nitrogens is 4. The summed E-state index contributed by atoms with van der Waals surface area (Å²) in [6.45, 7) is 14.5. The Morgan fingerprint density at radius 2 is 1.65 bits per heavy atom. The van der Waals surface area contributed by atoms with E-state index in [1.165, 1.54) is 21.3 Å². The molecule has 0 spiro atoms. The van der Waals surface area contributed by atoms with Crippen LogP contribution >= 0.6 is 0 Å². The van der Waals surface area contributed by atoms with Crippen LogP contribution in [-0.4, -0.2) is 106 Å². The molecule has 2 aromatic heterocycles. The van der Waals surface area contributed by atoms with Crippen LogP contribution in [0.4, 0.5) is 9.59 Å². The average molecular weight is 861 g/mol. The van der Waals surface area contributed by atoms with Crippen LogP contribution in [0.15, 0.2) is 61.3 Å². The molecule has 63 heavy (non-hydrogen) atoms. The van der Waals surface area contributed by atoms with E-state index >= 15 is 0 Å². The van der Waals surface area contributed by atoms with Crippen molar-refractivity contribution >= 4 is 45.8 Å². The monoisotopic (exact) mass is 860 g/mol. The average Bonchev–Trinajstić information content (AvgIpc) is 4.10. The fourth-order valence-corrected chi connectivity index (χ4v) is 9.61. The number of aromatic amines is 2. The summed E-state index contributed by atoms with van der Waals surface area (Å²) < 4.78 is 21.6. The number of ether oxygens (including phenoxy) is 4. The van der Waals surface area contributed by atoms with Crippen molar-refractivity contribution < 1.29 is 38.1 Å². The van der Waals surface area contributed by atoms with Crippen LogP contribution < -0.4 is 15.4 Å². The van der Waals surface area contributed by atoms with Crippen LogP contribution in [-0.2, 0) is 30.4 Å². The molecule has 2 saturated heterocycles. The van der Waals surface area contributed by atoms with Gasteiger partial charge in [-0.25, -0.2) is 19.6 Å². The van der Waals surface area contributed by atoms with Gasteiger partial charge in [0.15, 0.2) is 0 Å². The van der Waals surface area contributed by atoms with Crippen molar-refractivity contribution in [2.75, 3.05) is 27.9 Å². The molecule has 8 atom stereocenters. The van der Waals surface area contributed by atoms with Crippen molar-refractivity contribution in [2.24, 2.45) is 17.8 Å². The van der Waals surface area contributed by atoms with Gasteiger partial charge in [-0.15, -0.1) is 6.58 Å². The summed E-state index contributed by atoms with van der Waals surface area (Å²) in [5, 5.41) is 7.32. The van der Waals surface area contributed by atoms with Gasteiger partial charge in [-0.2, -0.15) is 0 Å². The fourth-order valence-electron chi connectivity index (χ4n) is 9.61. The number of imidazole rings is 2. The minimum atomic E-state index is -0.968. The lowest BCUT2D eigenvalue weighted by atomic mass is 9.91. The largest absolute Gasteiger partial charge is 0.488 e. The predicted molar refractivity (Wildman–Crippen MR) is 237 cm³/mol. The van der Waals surface area contributed by atoms with Gasteiger partial charge in [-0.1, -0.05) is 45.0 Å². The van der Waals surface area contributed by atoms with E-state index in [1.807, 2.05) is 37.8 Å². The van der Waals surface area contributed by atoms with E-state index in [9.17, 15) is 19.2 Å². The first kappa shape index (κ1) is 43.2. The molecule has 8 rings (SSSR count). The Kier molecular flexibility index (Phi) is 11.9. The first-order valence-corrected chi connectivity index (χ1v) is 21.5. The summed E-state index contributed by atoms with van der Waals surface area (Å²) in [6.07, 6.45) is 3.23. The number of hydrogen-bond donors (Lipinski definition) is 4. The number of hydrogen-bond acceptors (Lipinski definition) is 10. The predicted octanol–water partition coefficient (Wildman–Crippen LogP) is 7.18. The number of carbonyl (C=O) groups is 4. The second kappa shape index (κ2) is 17.4. The van der Waals surface area contributed by atoms with Crippen LogP contribution in [0.2, 0.25) is 0 Å². The standard InChI is InChI=1S/C47H56N8O8/c1-10-30-24(4)21-54(44(56)39(26(6)60-7)53-47(59)62-9)41(30)43-48-20-35(50-43)28-12-14-31-29(17-28)22-63-37-19-32-27(18-33(31)37)13-15-34-40(32)51-42(49-34)36-16-11-25(5)55(36)45(57)38(23(2)3)52-46(58)61-8/h10,12-15,17-20,23-26,30,36,38-39,41H,1,11,16,21-22H2,2-9H3,(H,48,50)(H,49,51)(H,52,58)(H,53,59)/t24-,25+,26-,30?,36+,38+,39+,41+/m1/s1. The minimum absolute atomic E-state index is 0.0345. The summed E-state index contributed by atoms with van der Waals surface area (Å²) in [7, 11) is 4.04. The Labute approximate surface area is 366 Å². The number of nitrogens with one attached hydrogen (secondary N) is 4. The normalized spacial score (nSPS) is 22.0. The quantitative estimate of drug-likeness (QED) is 0.0990. The zero-order valence-corrected chi connectivity index (χ0v) is 37.0. The minimum Gasteiger partial charge on any atom is -0.488 e. The van der Waals surface area contributed by atoms with Crippen LogP contribution in [0.1, 0.15) is 76.8 Å². The molecule has 5 heterocycles. The van der Waals surface area contributed by atoms with E-state index in [4.69, 9.17) is 28.9 Å². The zero-order valence-electron chi connectivity index (χ0n) is 37.0. The highest BCUT2D eigenvalue weighted by Crippen LogP contribution is 2.45. The lowest BCUT2D eigenvalue weighted by molar-refractivity contribution is -0.138. The summed E-state index contributed by atoms with van der Waals surface area (Å²) in [5.74, 6) is 1.47. The van der Waals surface area contributed by atoms with Crippen molar-refractivity contribution in [1.29, 1.82) is 0 Å². The first-order valence-electron chi connectivity index (χ1n) is 21.5. The van der Waals surface area contributed by atoms with Crippen molar-refractivity contribution in [1.82, 2.24) is 40.4 Å². The van der Waals surface area contributed by atoms with E-state index in [1.54, 1.807) is 18.0 Å². The Morgan fingerprint density at radius 1 is 0.905 bits per heavy atom. The number of likely N-dealkylation sites (tertiary alicyclic amines) is 2. The second-order valence-electron chi connectivity index (χ2n) is 17.3. The highest BCUT2D eigenvalue weighted by atomic mass is 16.5. The molecule has 0 saturated carbocycles. The molecular formula is C47H56N8O8. The third-order valence-corrected chi connectivity index (χ3v) is 13.1. The van der Waals surface area contributed by atoms with Gasteiger partial charge in [0.05, 0.1) is 55.3 Å². The molecule has 0 bridgehead atoms. The molecule has 3 aliphatic heterocycles. The Bertz CT molecular complexity index is 2580. The summed E-state index contributed by atoms with van der Waals surface area (Å²) in [6, 6.07) is 12.1.